The van der Waals surface area contributed by atoms with E-state index in [0.29, 0.717) is 11.2 Å². The third-order valence-corrected chi connectivity index (χ3v) is 4.48. The molecular weight excluding hydrogens is 374 g/mol. The van der Waals surface area contributed by atoms with Crippen molar-refractivity contribution in [2.45, 2.75) is 6.42 Å². The zero-order valence-electron chi connectivity index (χ0n) is 15.4. The molecule has 0 saturated carbocycles. The molecule has 148 valence electrons. The molecule has 1 aliphatic heterocycles. The summed E-state index contributed by atoms with van der Waals surface area (Å²) in [4.78, 5) is 72.0. The Morgan fingerprint density at radius 1 is 0.750 bits per heavy atom. The van der Waals surface area contributed by atoms with Crippen LogP contribution in [0.15, 0.2) is 24.0 Å². The van der Waals surface area contributed by atoms with Crippen LogP contribution in [0.3, 0.4) is 0 Å². The van der Waals surface area contributed by atoms with Crippen LogP contribution in [-0.4, -0.2) is 34.1 Å². The van der Waals surface area contributed by atoms with Gasteiger partial charge in [-0.25, -0.2) is 14.4 Å². The van der Waals surface area contributed by atoms with Crippen LogP contribution in [0.2, 0.25) is 0 Å². The zero-order valence-corrected chi connectivity index (χ0v) is 15.4. The van der Waals surface area contributed by atoms with E-state index >= 15 is 0 Å². The van der Waals surface area contributed by atoms with E-state index in [2.05, 4.69) is 10.3 Å². The summed E-state index contributed by atoms with van der Waals surface area (Å²) < 4.78 is 4.81. The number of carbonyl (C=O) groups is 1. The van der Waals surface area contributed by atoms with Crippen LogP contribution in [-0.2, 0) is 39.4 Å². The molecule has 0 bridgehead atoms. The number of anilines is 1. The highest BCUT2D eigenvalue weighted by Gasteiger charge is 2.21. The second kappa shape index (κ2) is 6.37. The van der Waals surface area contributed by atoms with Crippen molar-refractivity contribution in [1.29, 1.82) is 0 Å². The van der Waals surface area contributed by atoms with Gasteiger partial charge in [0.05, 0.1) is 12.0 Å². The summed E-state index contributed by atoms with van der Waals surface area (Å²) in [6, 6.07) is 0. The Kier molecular flexibility index (Phi) is 4.29. The van der Waals surface area contributed by atoms with Crippen LogP contribution < -0.4 is 33.5 Å². The van der Waals surface area contributed by atoms with Crippen LogP contribution >= 0.6 is 0 Å². The minimum absolute atomic E-state index is 0.0292. The molecule has 4 rings (SSSR count). The lowest BCUT2D eigenvalue weighted by molar-refractivity contribution is -0.115. The molecule has 0 aliphatic carbocycles. The van der Waals surface area contributed by atoms with Gasteiger partial charge in [0, 0.05) is 28.2 Å². The number of rotatable bonds is 0. The quantitative estimate of drug-likeness (QED) is 0.366. The number of H-pyrrole nitrogens is 2. The van der Waals surface area contributed by atoms with Crippen molar-refractivity contribution in [3.63, 3.8) is 0 Å². The van der Waals surface area contributed by atoms with Crippen molar-refractivity contribution in [2.75, 3.05) is 5.32 Å². The SMILES string of the molecule is Cn1c(=O)c2c(n(C)c1=O)n(C)c(=O)n2C.O=C1Cc2c([nH]c(=O)[nH]c2=O)N1. The average molecular weight is 391 g/mol. The largest absolute Gasteiger partial charge is 0.332 e. The van der Waals surface area contributed by atoms with Gasteiger partial charge < -0.3 is 5.32 Å². The summed E-state index contributed by atoms with van der Waals surface area (Å²) in [7, 11) is 5.96. The minimum Gasteiger partial charge on any atom is -0.311 e. The van der Waals surface area contributed by atoms with Gasteiger partial charge in [0.15, 0.2) is 11.2 Å². The second-order valence-electron chi connectivity index (χ2n) is 6.27. The van der Waals surface area contributed by atoms with E-state index in [1.54, 1.807) is 0 Å². The highest BCUT2D eigenvalue weighted by molar-refractivity contribution is 5.97. The summed E-state index contributed by atoms with van der Waals surface area (Å²) in [5, 5.41) is 2.36. The van der Waals surface area contributed by atoms with Crippen molar-refractivity contribution in [3.05, 3.63) is 57.7 Å². The fraction of sp³-hybridized carbons (Fsp3) is 0.333. The number of fused-ring (bicyclic) bond motifs is 2. The van der Waals surface area contributed by atoms with E-state index in [0.717, 1.165) is 4.57 Å². The maximum absolute atomic E-state index is 11.9. The molecule has 13 heteroatoms. The molecule has 0 spiro atoms. The smallest absolute Gasteiger partial charge is 0.311 e. The molecule has 3 aromatic rings. The summed E-state index contributed by atoms with van der Waals surface area (Å²) in [5.74, 6) is -0.0638. The zero-order chi connectivity index (χ0) is 20.9. The molecule has 0 saturated heterocycles. The predicted octanol–water partition coefficient (Wildman–Crippen LogP) is -3.17. The van der Waals surface area contributed by atoms with E-state index in [1.807, 2.05) is 4.98 Å². The number of nitrogens with one attached hydrogen (secondary N) is 3. The lowest BCUT2D eigenvalue weighted by Gasteiger charge is -2.04. The number of hydrogen-bond acceptors (Lipinski definition) is 6. The van der Waals surface area contributed by atoms with E-state index < -0.39 is 22.5 Å². The fourth-order valence-electron chi connectivity index (χ4n) is 3.04. The van der Waals surface area contributed by atoms with Crippen LogP contribution in [0, 0.1) is 0 Å². The van der Waals surface area contributed by atoms with Gasteiger partial charge >= 0.3 is 17.1 Å². The summed E-state index contributed by atoms with van der Waals surface area (Å²) in [6.45, 7) is 0. The number of nitrogens with zero attached hydrogens (tertiary/aromatic N) is 4. The molecule has 0 aromatic carbocycles. The lowest BCUT2D eigenvalue weighted by atomic mass is 10.3. The molecule has 1 aliphatic rings. The van der Waals surface area contributed by atoms with Gasteiger partial charge in [-0.3, -0.25) is 42.6 Å². The second-order valence-corrected chi connectivity index (χ2v) is 6.27. The Bertz CT molecular complexity index is 1430. The maximum atomic E-state index is 11.9. The number of carbonyl (C=O) groups excluding carboxylic acids is 1. The third-order valence-electron chi connectivity index (χ3n) is 4.48. The number of amides is 1. The number of hydrogen-bond donors (Lipinski definition) is 3. The Morgan fingerprint density at radius 2 is 1.32 bits per heavy atom. The van der Waals surface area contributed by atoms with E-state index in [1.165, 1.54) is 41.9 Å². The fourth-order valence-corrected chi connectivity index (χ4v) is 3.04. The molecular formula is C15H17N7O6. The van der Waals surface area contributed by atoms with Crippen LogP contribution in [0.1, 0.15) is 5.56 Å². The first kappa shape index (κ1) is 18.9. The van der Waals surface area contributed by atoms with Gasteiger partial charge in [0.2, 0.25) is 5.91 Å². The van der Waals surface area contributed by atoms with Gasteiger partial charge in [-0.15, -0.1) is 0 Å². The van der Waals surface area contributed by atoms with Gasteiger partial charge in [0.1, 0.15) is 5.82 Å². The average Bonchev–Trinajstić information content (AvgIpc) is 3.11. The monoisotopic (exact) mass is 391 g/mol. The normalized spacial score (nSPS) is 12.5. The van der Waals surface area contributed by atoms with Crippen LogP contribution in [0.25, 0.3) is 11.2 Å². The van der Waals surface area contributed by atoms with Crippen molar-refractivity contribution in [2.24, 2.45) is 28.2 Å². The van der Waals surface area contributed by atoms with Crippen LogP contribution in [0.5, 0.6) is 0 Å². The third kappa shape index (κ3) is 2.72. The van der Waals surface area contributed by atoms with Crippen molar-refractivity contribution >= 4 is 22.9 Å². The van der Waals surface area contributed by atoms with Crippen LogP contribution in [0.4, 0.5) is 5.82 Å². The van der Waals surface area contributed by atoms with Crippen molar-refractivity contribution < 1.29 is 4.79 Å². The summed E-state index contributed by atoms with van der Waals surface area (Å²) in [6.07, 6.45) is 0.0292. The molecule has 0 unspecified atom stereocenters. The number of imidazole rings is 1. The minimum atomic E-state index is -0.610. The summed E-state index contributed by atoms with van der Waals surface area (Å²) >= 11 is 0. The molecule has 13 nitrogen and oxygen atoms in total. The van der Waals surface area contributed by atoms with Crippen molar-refractivity contribution in [1.82, 2.24) is 28.2 Å². The summed E-state index contributed by atoms with van der Waals surface area (Å²) in [5.41, 5.74) is -1.49. The highest BCUT2D eigenvalue weighted by atomic mass is 16.2. The standard InChI is InChI=1S/C9H12N4O3.C6H5N3O3/c1-10-5-6(11(2)8(10)15)12(3)9(16)13(4)7(5)14;10-3-1-2-4(7-3)8-6(12)9-5(2)11/h1-4H3;1H2,(H3,7,8,9,10,11,12). The van der Waals surface area contributed by atoms with E-state index in [9.17, 15) is 28.8 Å². The molecule has 0 atom stereocenters. The van der Waals surface area contributed by atoms with E-state index in [4.69, 9.17) is 0 Å². The number of aromatic nitrogens is 6. The molecule has 1 amide bonds. The topological polar surface area (TPSA) is 166 Å². The lowest BCUT2D eigenvalue weighted by Crippen LogP contribution is -2.37. The van der Waals surface area contributed by atoms with Gasteiger partial charge in [-0.2, -0.15) is 0 Å². The molecule has 3 N–H and O–H groups in total. The number of aryl methyl sites for hydroxylation is 3. The van der Waals surface area contributed by atoms with E-state index in [-0.39, 0.29) is 29.4 Å². The molecule has 4 heterocycles. The first-order valence-corrected chi connectivity index (χ1v) is 8.01. The first-order valence-electron chi connectivity index (χ1n) is 8.01. The van der Waals surface area contributed by atoms with Gasteiger partial charge in [-0.05, 0) is 0 Å². The Labute approximate surface area is 154 Å². The molecule has 28 heavy (non-hydrogen) atoms. The molecule has 0 fully saturated rings. The highest BCUT2D eigenvalue weighted by Crippen LogP contribution is 2.12. The Hall–Kier alpha value is -3.90. The van der Waals surface area contributed by atoms with Gasteiger partial charge in [0.25, 0.3) is 11.1 Å². The molecule has 0 radical (unpaired) electrons. The maximum Gasteiger partial charge on any atom is 0.332 e. The Balaban J connectivity index is 0.000000167. The van der Waals surface area contributed by atoms with Crippen molar-refractivity contribution in [3.8, 4) is 0 Å². The van der Waals surface area contributed by atoms with Gasteiger partial charge in [-0.1, -0.05) is 0 Å². The predicted molar refractivity (Wildman–Crippen MR) is 98.7 cm³/mol. The number of aromatic amines is 2. The molecule has 3 aromatic heterocycles. The first-order chi connectivity index (χ1) is 13.0. The Morgan fingerprint density at radius 3 is 1.93 bits per heavy atom.